The van der Waals surface area contributed by atoms with E-state index in [1.807, 2.05) is 0 Å². The van der Waals surface area contributed by atoms with Crippen molar-refractivity contribution in [2.24, 2.45) is 0 Å². The van der Waals surface area contributed by atoms with Crippen molar-refractivity contribution in [1.82, 2.24) is 0 Å². The quantitative estimate of drug-likeness (QED) is 0.301. The summed E-state index contributed by atoms with van der Waals surface area (Å²) < 4.78 is 0. The molecule has 0 saturated heterocycles. The summed E-state index contributed by atoms with van der Waals surface area (Å²) in [5.74, 6) is 0. The summed E-state index contributed by atoms with van der Waals surface area (Å²) in [5.41, 5.74) is 0. The zero-order valence-corrected chi connectivity index (χ0v) is 11.2. The van der Waals surface area contributed by atoms with Gasteiger partial charge in [-0.3, -0.25) is 0 Å². The van der Waals surface area contributed by atoms with Crippen molar-refractivity contribution in [3.8, 4) is 0 Å². The van der Waals surface area contributed by atoms with Crippen LogP contribution in [-0.2, 0) is 21.9 Å². The average molecular weight is 254 g/mol. The molecule has 0 saturated carbocycles. The van der Waals surface area contributed by atoms with Gasteiger partial charge in [-0.15, -0.1) is 0 Å². The number of carbonyl (C=O) groups excluding carboxylic acids is 1. The van der Waals surface area contributed by atoms with Crippen molar-refractivity contribution in [2.45, 2.75) is 77.6 Å². The van der Waals surface area contributed by atoms with Crippen molar-refractivity contribution in [1.29, 1.82) is 0 Å². The first kappa shape index (κ1) is 17.6. The molecule has 15 heavy (non-hydrogen) atoms. The van der Waals surface area contributed by atoms with Crippen molar-refractivity contribution in [3.63, 3.8) is 0 Å². The summed E-state index contributed by atoms with van der Waals surface area (Å²) in [6.45, 7) is 2.26. The Labute approximate surface area is 106 Å². The van der Waals surface area contributed by atoms with Crippen LogP contribution in [0.25, 0.3) is 0 Å². The Morgan fingerprint density at radius 2 is 1.13 bits per heavy atom. The zero-order valence-electron chi connectivity index (χ0n) is 10.1. The molecule has 0 fully saturated rings. The van der Waals surface area contributed by atoms with Gasteiger partial charge in [-0.2, -0.15) is 0 Å². The first-order valence-corrected chi connectivity index (χ1v) is 6.35. The van der Waals surface area contributed by atoms with E-state index in [1.54, 1.807) is 0 Å². The van der Waals surface area contributed by atoms with E-state index in [9.17, 15) is 4.79 Å². The Bertz CT molecular complexity index is 115. The molecule has 2 heteroatoms. The number of hydrogen-bond donors (Lipinski definition) is 0. The SMILES string of the molecule is CCCCCCCCCCCCC=O.[Fe]. The second-order valence-corrected chi connectivity index (χ2v) is 4.14. The molecule has 0 heterocycles. The molecule has 0 aromatic heterocycles. The minimum absolute atomic E-state index is 0. The topological polar surface area (TPSA) is 17.1 Å². The fourth-order valence-electron chi connectivity index (χ4n) is 1.72. The van der Waals surface area contributed by atoms with E-state index < -0.39 is 0 Å². The molecule has 0 radical (unpaired) electrons. The van der Waals surface area contributed by atoms with Crippen LogP contribution in [0.15, 0.2) is 0 Å². The van der Waals surface area contributed by atoms with Crippen molar-refractivity contribution < 1.29 is 21.9 Å². The molecule has 0 unspecified atom stereocenters. The molecule has 0 aliphatic rings. The number of rotatable bonds is 11. The molecule has 0 aromatic carbocycles. The molecule has 0 aromatic rings. The van der Waals surface area contributed by atoms with E-state index in [1.165, 1.54) is 57.8 Å². The molecule has 0 atom stereocenters. The maximum atomic E-state index is 10.0. The Balaban J connectivity index is 0. The molecule has 0 spiro atoms. The second kappa shape index (κ2) is 16.6. The van der Waals surface area contributed by atoms with E-state index in [0.717, 1.165) is 19.1 Å². The smallest absolute Gasteiger partial charge is 0.119 e. The minimum Gasteiger partial charge on any atom is -0.303 e. The van der Waals surface area contributed by atoms with Crippen LogP contribution >= 0.6 is 0 Å². The van der Waals surface area contributed by atoms with Crippen LogP contribution in [0.4, 0.5) is 0 Å². The van der Waals surface area contributed by atoms with Crippen molar-refractivity contribution >= 4 is 6.29 Å². The molecular weight excluding hydrogens is 228 g/mol. The maximum absolute atomic E-state index is 10.0. The van der Waals surface area contributed by atoms with Crippen LogP contribution in [0.3, 0.4) is 0 Å². The third-order valence-electron chi connectivity index (χ3n) is 2.68. The zero-order chi connectivity index (χ0) is 10.5. The fraction of sp³-hybridized carbons (Fsp3) is 0.923. The monoisotopic (exact) mass is 254 g/mol. The van der Waals surface area contributed by atoms with Gasteiger partial charge in [0, 0.05) is 23.5 Å². The van der Waals surface area contributed by atoms with Gasteiger partial charge in [0.1, 0.15) is 6.29 Å². The Morgan fingerprint density at radius 3 is 1.53 bits per heavy atom. The Kier molecular flexibility index (Phi) is 19.5. The molecule has 92 valence electrons. The summed E-state index contributed by atoms with van der Waals surface area (Å²) in [6.07, 6.45) is 15.2. The third kappa shape index (κ3) is 16.8. The molecule has 0 amide bonds. The summed E-state index contributed by atoms with van der Waals surface area (Å²) in [5, 5.41) is 0. The molecule has 0 aliphatic heterocycles. The standard InChI is InChI=1S/C13H26O.Fe/c1-2-3-4-5-6-7-8-9-10-11-12-13-14;/h13H,2-12H2,1H3;. The van der Waals surface area contributed by atoms with Gasteiger partial charge < -0.3 is 4.79 Å². The van der Waals surface area contributed by atoms with E-state index >= 15 is 0 Å². The van der Waals surface area contributed by atoms with Gasteiger partial charge in [-0.05, 0) is 6.42 Å². The van der Waals surface area contributed by atoms with Crippen LogP contribution < -0.4 is 0 Å². The van der Waals surface area contributed by atoms with Crippen LogP contribution in [-0.4, -0.2) is 6.29 Å². The molecule has 1 nitrogen and oxygen atoms in total. The maximum Gasteiger partial charge on any atom is 0.119 e. The summed E-state index contributed by atoms with van der Waals surface area (Å²) in [7, 11) is 0. The van der Waals surface area contributed by atoms with E-state index in [-0.39, 0.29) is 17.1 Å². The van der Waals surface area contributed by atoms with Crippen LogP contribution in [0.5, 0.6) is 0 Å². The number of aldehydes is 1. The first-order chi connectivity index (χ1) is 6.91. The normalized spacial score (nSPS) is 9.67. The predicted molar refractivity (Wildman–Crippen MR) is 62.5 cm³/mol. The van der Waals surface area contributed by atoms with Crippen LogP contribution in [0.1, 0.15) is 77.6 Å². The minimum atomic E-state index is 0. The van der Waals surface area contributed by atoms with Gasteiger partial charge >= 0.3 is 0 Å². The van der Waals surface area contributed by atoms with Crippen molar-refractivity contribution in [3.05, 3.63) is 0 Å². The summed E-state index contributed by atoms with van der Waals surface area (Å²) in [4.78, 5) is 10.0. The van der Waals surface area contributed by atoms with Crippen LogP contribution in [0, 0.1) is 0 Å². The molecule has 0 N–H and O–H groups in total. The van der Waals surface area contributed by atoms with Gasteiger partial charge in [-0.25, -0.2) is 0 Å². The third-order valence-corrected chi connectivity index (χ3v) is 2.68. The van der Waals surface area contributed by atoms with Gasteiger partial charge in [0.25, 0.3) is 0 Å². The van der Waals surface area contributed by atoms with E-state index in [2.05, 4.69) is 6.92 Å². The number of carbonyl (C=O) groups is 1. The van der Waals surface area contributed by atoms with Crippen molar-refractivity contribution in [2.75, 3.05) is 0 Å². The van der Waals surface area contributed by atoms with Crippen LogP contribution in [0.2, 0.25) is 0 Å². The fourth-order valence-corrected chi connectivity index (χ4v) is 1.72. The Morgan fingerprint density at radius 1 is 0.733 bits per heavy atom. The summed E-state index contributed by atoms with van der Waals surface area (Å²) >= 11 is 0. The molecule has 0 rings (SSSR count). The average Bonchev–Trinajstić information content (AvgIpc) is 2.21. The van der Waals surface area contributed by atoms with Gasteiger partial charge in [0.15, 0.2) is 0 Å². The summed E-state index contributed by atoms with van der Waals surface area (Å²) in [6, 6.07) is 0. The largest absolute Gasteiger partial charge is 0.303 e. The second-order valence-electron chi connectivity index (χ2n) is 4.14. The van der Waals surface area contributed by atoms with Gasteiger partial charge in [0.05, 0.1) is 0 Å². The van der Waals surface area contributed by atoms with Gasteiger partial charge in [0.2, 0.25) is 0 Å². The first-order valence-electron chi connectivity index (χ1n) is 6.35. The molecular formula is C13H26FeO. The Hall–Kier alpha value is 0.189. The van der Waals surface area contributed by atoms with E-state index in [4.69, 9.17) is 0 Å². The van der Waals surface area contributed by atoms with Gasteiger partial charge in [-0.1, -0.05) is 64.7 Å². The van der Waals surface area contributed by atoms with E-state index in [0.29, 0.717) is 0 Å². The number of hydrogen-bond acceptors (Lipinski definition) is 1. The number of unbranched alkanes of at least 4 members (excludes halogenated alkanes) is 10. The molecule has 0 aliphatic carbocycles. The molecule has 0 bridgehead atoms. The predicted octanol–water partition coefficient (Wildman–Crippen LogP) is 4.49.